The van der Waals surface area contributed by atoms with Gasteiger partial charge < -0.3 is 10.1 Å². The van der Waals surface area contributed by atoms with Crippen molar-refractivity contribution in [1.82, 2.24) is 9.38 Å². The molecule has 0 saturated heterocycles. The first-order valence-electron chi connectivity index (χ1n) is 7.37. The molecule has 3 rings (SSSR count). The van der Waals surface area contributed by atoms with Crippen LogP contribution < -0.4 is 10.1 Å². The molecule has 1 N–H and O–H groups in total. The molecule has 0 amide bonds. The van der Waals surface area contributed by atoms with Crippen LogP contribution in [0.1, 0.15) is 16.7 Å². The fraction of sp³-hybridized carbons (Fsp3) is 0.176. The van der Waals surface area contributed by atoms with Gasteiger partial charge in [0.2, 0.25) is 5.88 Å². The number of halogens is 3. The molecule has 0 spiro atoms. The summed E-state index contributed by atoms with van der Waals surface area (Å²) in [7, 11) is 0. The van der Waals surface area contributed by atoms with E-state index in [9.17, 15) is 18.0 Å². The van der Waals surface area contributed by atoms with Crippen molar-refractivity contribution >= 4 is 17.8 Å². The second kappa shape index (κ2) is 6.46. The zero-order chi connectivity index (χ0) is 18.0. The molecule has 0 aliphatic rings. The summed E-state index contributed by atoms with van der Waals surface area (Å²) in [6.45, 7) is 1.90. The number of carbonyl (C=O) groups excluding carboxylic acids is 1. The Kier molecular flexibility index (Phi) is 4.35. The van der Waals surface area contributed by atoms with E-state index in [4.69, 9.17) is 4.74 Å². The molecule has 5 nitrogen and oxygen atoms in total. The Hall–Kier alpha value is -3.03. The molecule has 2 aromatic heterocycles. The SMILES string of the molecule is Cc1ccc(C(F)(F)F)c(CNc2ccc3nccn3c2OC=O)c1. The van der Waals surface area contributed by atoms with Crippen molar-refractivity contribution in [2.45, 2.75) is 19.6 Å². The third-order valence-corrected chi connectivity index (χ3v) is 3.71. The van der Waals surface area contributed by atoms with E-state index in [1.54, 1.807) is 25.3 Å². The number of aromatic nitrogens is 2. The van der Waals surface area contributed by atoms with Crippen LogP contribution in [0.2, 0.25) is 0 Å². The predicted molar refractivity (Wildman–Crippen MR) is 85.4 cm³/mol. The fourth-order valence-electron chi connectivity index (χ4n) is 2.61. The zero-order valence-corrected chi connectivity index (χ0v) is 13.2. The van der Waals surface area contributed by atoms with Gasteiger partial charge in [0, 0.05) is 18.9 Å². The van der Waals surface area contributed by atoms with Gasteiger partial charge in [0.25, 0.3) is 6.47 Å². The number of alkyl halides is 3. The maximum Gasteiger partial charge on any atom is 0.416 e. The van der Waals surface area contributed by atoms with Gasteiger partial charge in [-0.15, -0.1) is 0 Å². The molecular weight excluding hydrogens is 335 g/mol. The molecule has 2 heterocycles. The molecule has 0 atom stereocenters. The van der Waals surface area contributed by atoms with Gasteiger partial charge in [-0.1, -0.05) is 17.7 Å². The number of anilines is 1. The molecule has 8 heteroatoms. The van der Waals surface area contributed by atoms with E-state index >= 15 is 0 Å². The van der Waals surface area contributed by atoms with E-state index in [0.29, 0.717) is 11.3 Å². The van der Waals surface area contributed by atoms with Crippen LogP contribution in [0.4, 0.5) is 18.9 Å². The average molecular weight is 349 g/mol. The van der Waals surface area contributed by atoms with Crippen LogP contribution in [0.25, 0.3) is 5.65 Å². The third kappa shape index (κ3) is 3.42. The molecule has 130 valence electrons. The van der Waals surface area contributed by atoms with Gasteiger partial charge >= 0.3 is 6.18 Å². The van der Waals surface area contributed by atoms with Crippen LogP contribution in [0.3, 0.4) is 0 Å². The van der Waals surface area contributed by atoms with Crippen LogP contribution in [0, 0.1) is 6.92 Å². The number of aryl methyl sites for hydroxylation is 1. The highest BCUT2D eigenvalue weighted by molar-refractivity contribution is 5.63. The summed E-state index contributed by atoms with van der Waals surface area (Å²) in [5.41, 5.74) is 1.06. The molecule has 3 aromatic rings. The second-order valence-corrected chi connectivity index (χ2v) is 5.43. The summed E-state index contributed by atoms with van der Waals surface area (Å²) in [6, 6.07) is 7.23. The molecule has 0 aliphatic heterocycles. The highest BCUT2D eigenvalue weighted by atomic mass is 19.4. The molecule has 0 bridgehead atoms. The molecule has 25 heavy (non-hydrogen) atoms. The standard InChI is InChI=1S/C17H14F3N3O2/c1-11-2-3-13(17(18,19)20)12(8-11)9-22-14-4-5-15-21-6-7-23(15)16(14)25-10-24/h2-8,10,22H,9H2,1H3. The van der Waals surface area contributed by atoms with Gasteiger partial charge in [-0.05, 0) is 30.7 Å². The number of ether oxygens (including phenoxy) is 1. The number of fused-ring (bicyclic) bond motifs is 1. The molecule has 0 unspecified atom stereocenters. The summed E-state index contributed by atoms with van der Waals surface area (Å²) in [5.74, 6) is 0.159. The number of nitrogens with one attached hydrogen (secondary N) is 1. The first-order valence-corrected chi connectivity index (χ1v) is 7.37. The number of rotatable bonds is 5. The highest BCUT2D eigenvalue weighted by Crippen LogP contribution is 2.33. The quantitative estimate of drug-likeness (QED) is 0.712. The molecule has 0 saturated carbocycles. The lowest BCUT2D eigenvalue weighted by atomic mass is 10.0. The van der Waals surface area contributed by atoms with E-state index in [1.165, 1.54) is 22.7 Å². The van der Waals surface area contributed by atoms with Gasteiger partial charge in [-0.3, -0.25) is 9.20 Å². The lowest BCUT2D eigenvalue weighted by molar-refractivity contribution is -0.138. The summed E-state index contributed by atoms with van der Waals surface area (Å²) in [5, 5.41) is 2.90. The predicted octanol–water partition coefficient (Wildman–Crippen LogP) is 3.81. The van der Waals surface area contributed by atoms with Gasteiger partial charge in [0.05, 0.1) is 11.3 Å². The van der Waals surface area contributed by atoms with Gasteiger partial charge in [-0.2, -0.15) is 13.2 Å². The molecule has 0 fully saturated rings. The van der Waals surface area contributed by atoms with Crippen molar-refractivity contribution in [3.05, 3.63) is 59.4 Å². The monoisotopic (exact) mass is 349 g/mol. The van der Waals surface area contributed by atoms with Gasteiger partial charge in [-0.25, -0.2) is 4.98 Å². The first-order chi connectivity index (χ1) is 11.9. The Morgan fingerprint density at radius 3 is 2.80 bits per heavy atom. The third-order valence-electron chi connectivity index (χ3n) is 3.71. The minimum atomic E-state index is -4.44. The Balaban J connectivity index is 1.94. The van der Waals surface area contributed by atoms with Crippen molar-refractivity contribution < 1.29 is 22.7 Å². The molecule has 0 radical (unpaired) electrons. The van der Waals surface area contributed by atoms with E-state index < -0.39 is 11.7 Å². The van der Waals surface area contributed by atoms with E-state index in [0.717, 1.165) is 11.6 Å². The van der Waals surface area contributed by atoms with E-state index in [1.807, 2.05) is 0 Å². The van der Waals surface area contributed by atoms with Crippen LogP contribution in [0.5, 0.6) is 5.88 Å². The Labute approximate surface area is 141 Å². The van der Waals surface area contributed by atoms with Crippen molar-refractivity contribution in [3.63, 3.8) is 0 Å². The van der Waals surface area contributed by atoms with Crippen molar-refractivity contribution in [2.24, 2.45) is 0 Å². The minimum Gasteiger partial charge on any atom is -0.409 e. The fourth-order valence-corrected chi connectivity index (χ4v) is 2.61. The number of hydrogen-bond acceptors (Lipinski definition) is 4. The van der Waals surface area contributed by atoms with E-state index in [2.05, 4.69) is 10.3 Å². The van der Waals surface area contributed by atoms with Gasteiger partial charge in [0.15, 0.2) is 0 Å². The average Bonchev–Trinajstić information content (AvgIpc) is 3.02. The van der Waals surface area contributed by atoms with Crippen LogP contribution in [0.15, 0.2) is 42.7 Å². The van der Waals surface area contributed by atoms with Gasteiger partial charge in [0.1, 0.15) is 5.65 Å². The smallest absolute Gasteiger partial charge is 0.409 e. The van der Waals surface area contributed by atoms with Crippen molar-refractivity contribution in [1.29, 1.82) is 0 Å². The van der Waals surface area contributed by atoms with Crippen molar-refractivity contribution in [2.75, 3.05) is 5.32 Å². The lowest BCUT2D eigenvalue weighted by Gasteiger charge is -2.16. The van der Waals surface area contributed by atoms with Crippen molar-refractivity contribution in [3.8, 4) is 5.88 Å². The zero-order valence-electron chi connectivity index (χ0n) is 13.2. The van der Waals surface area contributed by atoms with Crippen LogP contribution in [-0.4, -0.2) is 15.9 Å². The number of nitrogens with zero attached hydrogens (tertiary/aromatic N) is 2. The summed E-state index contributed by atoms with van der Waals surface area (Å²) in [4.78, 5) is 14.8. The number of carbonyl (C=O) groups is 1. The number of pyridine rings is 1. The van der Waals surface area contributed by atoms with E-state index in [-0.39, 0.29) is 24.5 Å². The summed E-state index contributed by atoms with van der Waals surface area (Å²) >= 11 is 0. The van der Waals surface area contributed by atoms with Crippen LogP contribution in [-0.2, 0) is 17.5 Å². The Morgan fingerprint density at radius 2 is 2.08 bits per heavy atom. The molecular formula is C17H14F3N3O2. The minimum absolute atomic E-state index is 0.0774. The summed E-state index contributed by atoms with van der Waals surface area (Å²) < 4.78 is 46.0. The molecule has 1 aromatic carbocycles. The highest BCUT2D eigenvalue weighted by Gasteiger charge is 2.33. The van der Waals surface area contributed by atoms with Crippen LogP contribution >= 0.6 is 0 Å². The maximum atomic E-state index is 13.2. The Morgan fingerprint density at radius 1 is 1.28 bits per heavy atom. The number of imidazole rings is 1. The second-order valence-electron chi connectivity index (χ2n) is 5.43. The topological polar surface area (TPSA) is 55.6 Å². The maximum absolute atomic E-state index is 13.2. The largest absolute Gasteiger partial charge is 0.416 e. The normalized spacial score (nSPS) is 11.5. The number of hydrogen-bond donors (Lipinski definition) is 1. The molecule has 0 aliphatic carbocycles. The lowest BCUT2D eigenvalue weighted by Crippen LogP contribution is -2.13. The Bertz CT molecular complexity index is 919. The number of benzene rings is 1. The summed E-state index contributed by atoms with van der Waals surface area (Å²) in [6.07, 6.45) is -1.33. The first kappa shape index (κ1) is 16.8.